The number of carbonyl (C=O) groups is 2. The molecule has 1 N–H and O–H groups in total. The van der Waals surface area contributed by atoms with Gasteiger partial charge in [-0.2, -0.15) is 0 Å². The zero-order valence-electron chi connectivity index (χ0n) is 5.66. The molecule has 0 saturated heterocycles. The number of carbonyl (C=O) groups excluding carboxylic acids is 2. The number of carboxylic acids is 2. The Bertz CT molecular complexity index is 112. The molecule has 0 rings (SSSR count). The second kappa shape index (κ2) is 8.63. The summed E-state index contributed by atoms with van der Waals surface area (Å²) in [5, 5.41) is 26.6. The van der Waals surface area contributed by atoms with E-state index in [-0.39, 0.29) is 80.9 Å². The van der Waals surface area contributed by atoms with Crippen LogP contribution >= 0.6 is 0 Å². The summed E-state index contributed by atoms with van der Waals surface area (Å²) in [5.41, 5.74) is 0. The van der Waals surface area contributed by atoms with Gasteiger partial charge in [0.25, 0.3) is 0 Å². The van der Waals surface area contributed by atoms with E-state index in [2.05, 4.69) is 0 Å². The van der Waals surface area contributed by atoms with Crippen LogP contribution in [0.25, 0.3) is 0 Å². The average Bonchev–Trinajstić information content (AvgIpc) is 1.64. The van der Waals surface area contributed by atoms with Crippen molar-refractivity contribution in [3.8, 4) is 0 Å². The molecule has 0 aromatic rings. The molecule has 0 saturated carbocycles. The third-order valence-electron chi connectivity index (χ3n) is 0.447. The van der Waals surface area contributed by atoms with Crippen molar-refractivity contribution in [2.24, 2.45) is 0 Å². The van der Waals surface area contributed by atoms with Crippen molar-refractivity contribution in [2.45, 2.75) is 6.10 Å². The minimum atomic E-state index is -2.52. The van der Waals surface area contributed by atoms with E-state index in [9.17, 15) is 19.8 Å². The Hall–Kier alpha value is 1.54. The van der Waals surface area contributed by atoms with Crippen LogP contribution in [0.2, 0.25) is 0 Å². The van der Waals surface area contributed by atoms with Crippen molar-refractivity contribution in [3.63, 3.8) is 0 Å². The summed E-state index contributed by atoms with van der Waals surface area (Å²) in [4.78, 5) is 18.7. The summed E-state index contributed by atoms with van der Waals surface area (Å²) in [7, 11) is 0. The monoisotopic (exact) mass is 180 g/mol. The van der Waals surface area contributed by atoms with Gasteiger partial charge in [0.15, 0.2) is 0 Å². The summed E-state index contributed by atoms with van der Waals surface area (Å²) in [5.74, 6) is -4.13. The molecule has 5 nitrogen and oxygen atoms in total. The van der Waals surface area contributed by atoms with E-state index in [0.29, 0.717) is 0 Å². The molecule has 10 heavy (non-hydrogen) atoms. The first-order valence-corrected chi connectivity index (χ1v) is 1.65. The molecule has 7 heteroatoms. The van der Waals surface area contributed by atoms with Crippen molar-refractivity contribution in [3.05, 3.63) is 0 Å². The molecule has 0 heterocycles. The molecule has 46 valence electrons. The van der Waals surface area contributed by atoms with Crippen LogP contribution in [0.3, 0.4) is 0 Å². The minimum Gasteiger partial charge on any atom is -0.547 e. The first kappa shape index (κ1) is 17.6. The molecule has 0 atom stereocenters. The Morgan fingerprint density at radius 2 is 1.40 bits per heavy atom. The fourth-order valence-corrected chi connectivity index (χ4v) is 0.0962. The van der Waals surface area contributed by atoms with Crippen molar-refractivity contribution in [1.82, 2.24) is 0 Å². The SMILES string of the molecule is O=C([O-])C(O)C(=O)[O-].[K+].[Na+]. The van der Waals surface area contributed by atoms with Crippen LogP contribution in [-0.2, 0) is 9.59 Å². The van der Waals surface area contributed by atoms with Crippen molar-refractivity contribution in [1.29, 1.82) is 0 Å². The number of aliphatic hydroxyl groups is 1. The van der Waals surface area contributed by atoms with Crippen LogP contribution in [0.4, 0.5) is 0 Å². The zero-order valence-corrected chi connectivity index (χ0v) is 10.8. The molecule has 0 spiro atoms. The molecule has 0 aromatic carbocycles. The summed E-state index contributed by atoms with van der Waals surface area (Å²) in [6.45, 7) is 0. The third kappa shape index (κ3) is 7.64. The minimum absolute atomic E-state index is 0. The van der Waals surface area contributed by atoms with Gasteiger partial charge in [0.1, 0.15) is 6.10 Å². The molecular weight excluding hydrogens is 178 g/mol. The topological polar surface area (TPSA) is 100 Å². The molecule has 0 unspecified atom stereocenters. The quantitative estimate of drug-likeness (QED) is 0.336. The van der Waals surface area contributed by atoms with Gasteiger partial charge in [0.2, 0.25) is 0 Å². The maximum absolute atomic E-state index is 9.36. The molecule has 0 fully saturated rings. The van der Waals surface area contributed by atoms with E-state index in [4.69, 9.17) is 5.11 Å². The Balaban J connectivity index is -0.000000245. The molecule has 0 aliphatic carbocycles. The fraction of sp³-hybridized carbons (Fsp3) is 0.333. The summed E-state index contributed by atoms with van der Waals surface area (Å²) < 4.78 is 0. The first-order valence-electron chi connectivity index (χ1n) is 1.65. The maximum atomic E-state index is 9.36. The molecule has 0 bridgehead atoms. The van der Waals surface area contributed by atoms with Gasteiger partial charge >= 0.3 is 80.9 Å². The smallest absolute Gasteiger partial charge is 0.547 e. The van der Waals surface area contributed by atoms with Crippen LogP contribution in [0.1, 0.15) is 0 Å². The van der Waals surface area contributed by atoms with Gasteiger partial charge in [-0.15, -0.1) is 0 Å². The summed E-state index contributed by atoms with van der Waals surface area (Å²) in [6.07, 6.45) is -2.52. The van der Waals surface area contributed by atoms with Crippen LogP contribution in [0.15, 0.2) is 0 Å². The Kier molecular flexibility index (Phi) is 15.2. The number of carboxylic acid groups (broad SMARTS) is 2. The van der Waals surface area contributed by atoms with E-state index in [0.717, 1.165) is 0 Å². The van der Waals surface area contributed by atoms with Crippen LogP contribution in [0.5, 0.6) is 0 Å². The van der Waals surface area contributed by atoms with E-state index in [1.807, 2.05) is 0 Å². The summed E-state index contributed by atoms with van der Waals surface area (Å²) >= 11 is 0. The van der Waals surface area contributed by atoms with Crippen LogP contribution in [-0.4, -0.2) is 23.1 Å². The second-order valence-corrected chi connectivity index (χ2v) is 1.04. The second-order valence-electron chi connectivity index (χ2n) is 1.04. The number of aliphatic carboxylic acids is 2. The zero-order chi connectivity index (χ0) is 6.73. The van der Waals surface area contributed by atoms with Gasteiger partial charge in [-0.3, -0.25) is 0 Å². The maximum Gasteiger partial charge on any atom is 1.00 e. The van der Waals surface area contributed by atoms with Gasteiger partial charge < -0.3 is 24.9 Å². The van der Waals surface area contributed by atoms with E-state index in [1.165, 1.54) is 0 Å². The van der Waals surface area contributed by atoms with Crippen molar-refractivity contribution < 1.29 is 106 Å². The number of hydrogen-bond acceptors (Lipinski definition) is 5. The number of aliphatic hydroxyl groups excluding tert-OH is 1. The predicted octanol–water partition coefficient (Wildman–Crippen LogP) is -10.1. The first-order chi connectivity index (χ1) is 3.55. The van der Waals surface area contributed by atoms with E-state index >= 15 is 0 Å². The van der Waals surface area contributed by atoms with Crippen LogP contribution < -0.4 is 91.2 Å². The molecule has 0 aliphatic rings. The molecule has 0 radical (unpaired) electrons. The fourth-order valence-electron chi connectivity index (χ4n) is 0.0962. The van der Waals surface area contributed by atoms with Gasteiger partial charge in [-0.25, -0.2) is 0 Å². The van der Waals surface area contributed by atoms with E-state index < -0.39 is 18.0 Å². The van der Waals surface area contributed by atoms with Gasteiger partial charge in [-0.1, -0.05) is 0 Å². The number of rotatable bonds is 2. The normalized spacial score (nSPS) is 7.40. The average molecular weight is 180 g/mol. The standard InChI is InChI=1S/C3H4O5.K.Na/c4-1(2(5)6)3(7)8;;/h1,4H,(H,5,6)(H,7,8);;/q;2*+1/p-2. The Morgan fingerprint density at radius 3 is 1.40 bits per heavy atom. The van der Waals surface area contributed by atoms with Crippen LogP contribution in [0, 0.1) is 0 Å². The Morgan fingerprint density at radius 1 is 1.20 bits per heavy atom. The predicted molar refractivity (Wildman–Crippen MR) is 16.0 cm³/mol. The van der Waals surface area contributed by atoms with Gasteiger partial charge in [0, 0.05) is 0 Å². The Labute approximate surface area is 122 Å². The molecule has 0 aromatic heterocycles. The van der Waals surface area contributed by atoms with Gasteiger partial charge in [-0.05, 0) is 0 Å². The molecule has 0 aliphatic heterocycles. The summed E-state index contributed by atoms with van der Waals surface area (Å²) in [6, 6.07) is 0. The third-order valence-corrected chi connectivity index (χ3v) is 0.447. The van der Waals surface area contributed by atoms with Crippen molar-refractivity contribution >= 4 is 11.9 Å². The van der Waals surface area contributed by atoms with Gasteiger partial charge in [0.05, 0.1) is 11.9 Å². The number of hydrogen-bond donors (Lipinski definition) is 1. The van der Waals surface area contributed by atoms with E-state index in [1.54, 1.807) is 0 Å². The molecule has 0 amide bonds. The molecular formula is C3H2KNaO5. The van der Waals surface area contributed by atoms with Crippen molar-refractivity contribution in [2.75, 3.05) is 0 Å². The largest absolute Gasteiger partial charge is 1.00 e.